The number of aliphatic carboxylic acids is 2. The average molecular weight is 278 g/mol. The topological polar surface area (TPSA) is 98.7 Å². The van der Waals surface area contributed by atoms with Crippen molar-refractivity contribution in [3.8, 4) is 0 Å². The number of carboxylic acid groups (broad SMARTS) is 2. The van der Waals surface area contributed by atoms with Crippen molar-refractivity contribution in [2.24, 2.45) is 0 Å². The number of benzene rings is 1. The second-order valence-electron chi connectivity index (χ2n) is 4.24. The summed E-state index contributed by atoms with van der Waals surface area (Å²) in [5.74, 6) is -2.51. The molecule has 0 aliphatic carbocycles. The van der Waals surface area contributed by atoms with Crippen LogP contribution in [0, 0.1) is 0 Å². The van der Waals surface area contributed by atoms with Crippen molar-refractivity contribution in [1.82, 2.24) is 5.32 Å². The molecule has 0 fully saturated rings. The fraction of sp³-hybridized carbons (Fsp3) is 0.286. The summed E-state index contributed by atoms with van der Waals surface area (Å²) in [5.41, 5.74) is 2.71. The minimum Gasteiger partial charge on any atom is -0.478 e. The van der Waals surface area contributed by atoms with Crippen LogP contribution < -0.4 is 10.6 Å². The number of rotatable bonds is 3. The Morgan fingerprint density at radius 1 is 1.25 bits per heavy atom. The van der Waals surface area contributed by atoms with Crippen molar-refractivity contribution in [2.45, 2.75) is 12.5 Å². The zero-order valence-electron chi connectivity index (χ0n) is 11.2. The summed E-state index contributed by atoms with van der Waals surface area (Å²) in [7, 11) is 2.01. The lowest BCUT2D eigenvalue weighted by atomic mass is 10.0. The fourth-order valence-electron chi connectivity index (χ4n) is 1.79. The van der Waals surface area contributed by atoms with Crippen LogP contribution in [-0.2, 0) is 16.0 Å². The molecule has 20 heavy (non-hydrogen) atoms. The molecule has 1 aliphatic rings. The van der Waals surface area contributed by atoms with Crippen LogP contribution in [0.15, 0.2) is 36.4 Å². The monoisotopic (exact) mass is 278 g/mol. The SMILES string of the molecule is CN[C@H]1CNc2ccccc2C1.O=C(O)/C=C\C(=O)O. The van der Waals surface area contributed by atoms with Gasteiger partial charge in [0.1, 0.15) is 0 Å². The van der Waals surface area contributed by atoms with Gasteiger partial charge in [0.15, 0.2) is 0 Å². The molecular weight excluding hydrogens is 260 g/mol. The van der Waals surface area contributed by atoms with Crippen LogP contribution in [0.3, 0.4) is 0 Å². The van der Waals surface area contributed by atoms with Crippen LogP contribution in [0.2, 0.25) is 0 Å². The van der Waals surface area contributed by atoms with Gasteiger partial charge in [-0.1, -0.05) is 18.2 Å². The number of para-hydroxylation sites is 1. The van der Waals surface area contributed by atoms with Gasteiger partial charge in [-0.05, 0) is 25.1 Å². The molecule has 0 amide bonds. The molecule has 0 bridgehead atoms. The van der Waals surface area contributed by atoms with Gasteiger partial charge in [-0.2, -0.15) is 0 Å². The summed E-state index contributed by atoms with van der Waals surface area (Å²) in [6, 6.07) is 9.08. The van der Waals surface area contributed by atoms with E-state index in [2.05, 4.69) is 34.9 Å². The molecule has 6 heteroatoms. The minimum atomic E-state index is -1.26. The van der Waals surface area contributed by atoms with Crippen molar-refractivity contribution in [3.63, 3.8) is 0 Å². The smallest absolute Gasteiger partial charge is 0.328 e. The molecule has 6 nitrogen and oxygen atoms in total. The second kappa shape index (κ2) is 7.96. The summed E-state index contributed by atoms with van der Waals surface area (Å²) in [6.45, 7) is 1.04. The number of hydrogen-bond acceptors (Lipinski definition) is 4. The number of nitrogens with one attached hydrogen (secondary N) is 2. The largest absolute Gasteiger partial charge is 0.478 e. The molecule has 1 aromatic rings. The first-order chi connectivity index (χ1) is 9.52. The van der Waals surface area contributed by atoms with Gasteiger partial charge >= 0.3 is 11.9 Å². The Bertz CT molecular complexity index is 484. The highest BCUT2D eigenvalue weighted by Gasteiger charge is 2.14. The predicted molar refractivity (Wildman–Crippen MR) is 75.9 cm³/mol. The van der Waals surface area contributed by atoms with Gasteiger partial charge in [0.05, 0.1) is 0 Å². The van der Waals surface area contributed by atoms with Crippen LogP contribution in [-0.4, -0.2) is 41.8 Å². The molecule has 4 N–H and O–H groups in total. The highest BCUT2D eigenvalue weighted by atomic mass is 16.4. The molecule has 0 saturated carbocycles. The Labute approximate surface area is 117 Å². The lowest BCUT2D eigenvalue weighted by Crippen LogP contribution is -2.37. The molecule has 1 heterocycles. The summed E-state index contributed by atoms with van der Waals surface area (Å²) in [5, 5.41) is 22.3. The average Bonchev–Trinajstić information content (AvgIpc) is 2.45. The third-order valence-corrected chi connectivity index (χ3v) is 2.80. The third-order valence-electron chi connectivity index (χ3n) is 2.80. The van der Waals surface area contributed by atoms with Crippen molar-refractivity contribution >= 4 is 17.6 Å². The van der Waals surface area contributed by atoms with Crippen LogP contribution in [0.5, 0.6) is 0 Å². The summed E-state index contributed by atoms with van der Waals surface area (Å²) in [4.78, 5) is 19.1. The highest BCUT2D eigenvalue weighted by Crippen LogP contribution is 2.20. The van der Waals surface area contributed by atoms with Gasteiger partial charge in [-0.3, -0.25) is 0 Å². The van der Waals surface area contributed by atoms with E-state index in [0.29, 0.717) is 18.2 Å². The van der Waals surface area contributed by atoms with Crippen LogP contribution in [0.25, 0.3) is 0 Å². The zero-order chi connectivity index (χ0) is 15.0. The van der Waals surface area contributed by atoms with Gasteiger partial charge < -0.3 is 20.8 Å². The number of carbonyl (C=O) groups is 2. The number of carboxylic acids is 2. The first-order valence-corrected chi connectivity index (χ1v) is 6.16. The standard InChI is InChI=1S/C10H14N2.C4H4O4/c1-11-9-6-8-4-2-3-5-10(8)12-7-9;5-3(6)1-2-4(7)8/h2-5,9,11-12H,6-7H2,1H3;1-2H,(H,5,6)(H,7,8)/b;2-1-/t9-;/m1./s1. The molecule has 108 valence electrons. The molecule has 0 unspecified atom stereocenters. The number of hydrogen-bond donors (Lipinski definition) is 4. The normalized spacial score (nSPS) is 16.6. The molecule has 1 aromatic carbocycles. The Morgan fingerprint density at radius 2 is 1.85 bits per heavy atom. The van der Waals surface area contributed by atoms with Crippen molar-refractivity contribution in [3.05, 3.63) is 42.0 Å². The van der Waals surface area contributed by atoms with Gasteiger partial charge in [-0.15, -0.1) is 0 Å². The first-order valence-electron chi connectivity index (χ1n) is 6.16. The Hall–Kier alpha value is -2.34. The van der Waals surface area contributed by atoms with E-state index >= 15 is 0 Å². The van der Waals surface area contributed by atoms with E-state index in [1.807, 2.05) is 7.05 Å². The Balaban J connectivity index is 0.000000221. The number of likely N-dealkylation sites (N-methyl/N-ethyl adjacent to an activating group) is 1. The predicted octanol–water partition coefficient (Wildman–Crippen LogP) is 0.954. The molecule has 1 atom stereocenters. The highest BCUT2D eigenvalue weighted by molar-refractivity contribution is 5.89. The molecule has 0 aromatic heterocycles. The first kappa shape index (κ1) is 15.7. The zero-order valence-corrected chi connectivity index (χ0v) is 11.2. The molecule has 1 aliphatic heterocycles. The Morgan fingerprint density at radius 3 is 2.40 bits per heavy atom. The molecule has 0 saturated heterocycles. The van der Waals surface area contributed by atoms with Crippen LogP contribution in [0.4, 0.5) is 5.69 Å². The van der Waals surface area contributed by atoms with Crippen LogP contribution in [0.1, 0.15) is 5.56 Å². The molecular formula is C14H18N2O4. The quantitative estimate of drug-likeness (QED) is 0.615. The Kier molecular flexibility index (Phi) is 6.25. The summed E-state index contributed by atoms with van der Waals surface area (Å²) in [6.07, 6.45) is 2.25. The van der Waals surface area contributed by atoms with E-state index in [1.54, 1.807) is 0 Å². The number of anilines is 1. The van der Waals surface area contributed by atoms with Crippen molar-refractivity contribution < 1.29 is 19.8 Å². The molecule has 0 radical (unpaired) electrons. The van der Waals surface area contributed by atoms with Crippen molar-refractivity contribution in [1.29, 1.82) is 0 Å². The lowest BCUT2D eigenvalue weighted by Gasteiger charge is -2.25. The van der Waals surface area contributed by atoms with Gasteiger partial charge in [0.2, 0.25) is 0 Å². The lowest BCUT2D eigenvalue weighted by molar-refractivity contribution is -0.134. The van der Waals surface area contributed by atoms with E-state index in [-0.39, 0.29) is 0 Å². The van der Waals surface area contributed by atoms with Gasteiger partial charge in [0, 0.05) is 30.4 Å². The third kappa shape index (κ3) is 5.53. The molecule has 0 spiro atoms. The van der Waals surface area contributed by atoms with Crippen molar-refractivity contribution in [2.75, 3.05) is 18.9 Å². The summed E-state index contributed by atoms with van der Waals surface area (Å²) < 4.78 is 0. The van der Waals surface area contributed by atoms with Crippen LogP contribution >= 0.6 is 0 Å². The molecule has 2 rings (SSSR count). The maximum absolute atomic E-state index is 9.55. The van der Waals surface area contributed by atoms with E-state index in [9.17, 15) is 9.59 Å². The maximum Gasteiger partial charge on any atom is 0.328 e. The van der Waals surface area contributed by atoms with Gasteiger partial charge in [0.25, 0.3) is 0 Å². The minimum absolute atomic E-state index is 0.558. The van der Waals surface area contributed by atoms with E-state index in [1.165, 1.54) is 11.3 Å². The number of fused-ring (bicyclic) bond motifs is 1. The summed E-state index contributed by atoms with van der Waals surface area (Å²) >= 11 is 0. The second-order valence-corrected chi connectivity index (χ2v) is 4.24. The van der Waals surface area contributed by atoms with Gasteiger partial charge in [-0.25, -0.2) is 9.59 Å². The fourth-order valence-corrected chi connectivity index (χ4v) is 1.79. The maximum atomic E-state index is 9.55. The van der Waals surface area contributed by atoms with E-state index in [4.69, 9.17) is 10.2 Å². The van der Waals surface area contributed by atoms with E-state index < -0.39 is 11.9 Å². The van der Waals surface area contributed by atoms with E-state index in [0.717, 1.165) is 13.0 Å².